The number of nitrogens with one attached hydrogen (secondary N) is 1. The van der Waals surface area contributed by atoms with Gasteiger partial charge in [0, 0.05) is 24.3 Å². The lowest BCUT2D eigenvalue weighted by Gasteiger charge is -2.16. The molecule has 5 heteroatoms. The van der Waals surface area contributed by atoms with Crippen molar-refractivity contribution in [1.82, 2.24) is 0 Å². The summed E-state index contributed by atoms with van der Waals surface area (Å²) in [7, 11) is 0. The summed E-state index contributed by atoms with van der Waals surface area (Å²) in [6, 6.07) is 14.9. The van der Waals surface area contributed by atoms with E-state index in [9.17, 15) is 9.59 Å². The van der Waals surface area contributed by atoms with E-state index in [1.807, 2.05) is 43.3 Å². The van der Waals surface area contributed by atoms with E-state index < -0.39 is 0 Å². The molecule has 1 N–H and O–H groups in total. The molecule has 1 aliphatic heterocycles. The maximum absolute atomic E-state index is 11.9. The SMILES string of the molecule is Cc1cccc(NC(=O)COc2ccc(N3CCCC3=O)cc2)c1. The molecule has 3 rings (SSSR count). The highest BCUT2D eigenvalue weighted by Gasteiger charge is 2.21. The van der Waals surface area contributed by atoms with Gasteiger partial charge in [0.05, 0.1) is 0 Å². The van der Waals surface area contributed by atoms with Gasteiger partial charge in [-0.2, -0.15) is 0 Å². The van der Waals surface area contributed by atoms with Crippen LogP contribution >= 0.6 is 0 Å². The molecule has 5 nitrogen and oxygen atoms in total. The number of hydrogen-bond acceptors (Lipinski definition) is 3. The van der Waals surface area contributed by atoms with Crippen molar-refractivity contribution >= 4 is 23.2 Å². The summed E-state index contributed by atoms with van der Waals surface area (Å²) in [5.41, 5.74) is 2.71. The van der Waals surface area contributed by atoms with Crippen LogP contribution < -0.4 is 15.0 Å². The molecule has 2 aromatic rings. The van der Waals surface area contributed by atoms with Gasteiger partial charge < -0.3 is 15.0 Å². The molecule has 0 unspecified atom stereocenters. The van der Waals surface area contributed by atoms with Gasteiger partial charge >= 0.3 is 0 Å². The molecule has 1 heterocycles. The molecule has 0 radical (unpaired) electrons. The average Bonchev–Trinajstić information content (AvgIpc) is 2.99. The highest BCUT2D eigenvalue weighted by Crippen LogP contribution is 2.23. The summed E-state index contributed by atoms with van der Waals surface area (Å²) in [6.45, 7) is 2.67. The molecule has 2 amide bonds. The molecule has 1 aliphatic rings. The van der Waals surface area contributed by atoms with Gasteiger partial charge in [0.25, 0.3) is 5.91 Å². The lowest BCUT2D eigenvalue weighted by atomic mass is 10.2. The van der Waals surface area contributed by atoms with Crippen molar-refractivity contribution in [3.63, 3.8) is 0 Å². The minimum absolute atomic E-state index is 0.0596. The number of ether oxygens (including phenoxy) is 1. The molecule has 1 saturated heterocycles. The highest BCUT2D eigenvalue weighted by molar-refractivity contribution is 5.95. The Bertz CT molecular complexity index is 741. The third kappa shape index (κ3) is 3.93. The van der Waals surface area contributed by atoms with Crippen LogP contribution in [0.4, 0.5) is 11.4 Å². The Morgan fingerprint density at radius 3 is 2.67 bits per heavy atom. The zero-order valence-corrected chi connectivity index (χ0v) is 13.6. The minimum Gasteiger partial charge on any atom is -0.484 e. The van der Waals surface area contributed by atoms with Crippen molar-refractivity contribution in [2.24, 2.45) is 0 Å². The quantitative estimate of drug-likeness (QED) is 0.919. The van der Waals surface area contributed by atoms with Gasteiger partial charge in [-0.25, -0.2) is 0 Å². The van der Waals surface area contributed by atoms with Crippen LogP contribution in [0, 0.1) is 6.92 Å². The van der Waals surface area contributed by atoms with Crippen LogP contribution in [0.15, 0.2) is 48.5 Å². The van der Waals surface area contributed by atoms with E-state index in [-0.39, 0.29) is 18.4 Å². The van der Waals surface area contributed by atoms with Crippen molar-refractivity contribution in [2.75, 3.05) is 23.4 Å². The Hall–Kier alpha value is -2.82. The lowest BCUT2D eigenvalue weighted by molar-refractivity contribution is -0.118. The van der Waals surface area contributed by atoms with Crippen molar-refractivity contribution < 1.29 is 14.3 Å². The normalized spacial score (nSPS) is 13.9. The zero-order valence-electron chi connectivity index (χ0n) is 13.6. The smallest absolute Gasteiger partial charge is 0.262 e. The Morgan fingerprint density at radius 1 is 1.21 bits per heavy atom. The molecule has 0 aromatic heterocycles. The minimum atomic E-state index is -0.209. The molecule has 0 bridgehead atoms. The topological polar surface area (TPSA) is 58.6 Å². The van der Waals surface area contributed by atoms with Crippen molar-refractivity contribution in [3.8, 4) is 5.75 Å². The van der Waals surface area contributed by atoms with Gasteiger partial charge in [0.15, 0.2) is 6.61 Å². The van der Waals surface area contributed by atoms with E-state index in [1.165, 1.54) is 0 Å². The molecular formula is C19H20N2O3. The third-order valence-electron chi connectivity index (χ3n) is 3.89. The first-order chi connectivity index (χ1) is 11.6. The molecule has 1 fully saturated rings. The molecular weight excluding hydrogens is 304 g/mol. The van der Waals surface area contributed by atoms with Gasteiger partial charge in [-0.05, 0) is 55.3 Å². The first-order valence-corrected chi connectivity index (χ1v) is 8.01. The van der Waals surface area contributed by atoms with E-state index in [2.05, 4.69) is 5.32 Å². The molecule has 0 saturated carbocycles. The fraction of sp³-hybridized carbons (Fsp3) is 0.263. The Morgan fingerprint density at radius 2 is 2.00 bits per heavy atom. The first kappa shape index (κ1) is 16.1. The number of rotatable bonds is 5. The van der Waals surface area contributed by atoms with Crippen LogP contribution in [-0.2, 0) is 9.59 Å². The predicted molar refractivity (Wildman–Crippen MR) is 93.3 cm³/mol. The van der Waals surface area contributed by atoms with Gasteiger partial charge in [0.1, 0.15) is 5.75 Å². The Kier molecular flexibility index (Phi) is 4.79. The molecule has 0 spiro atoms. The van der Waals surface area contributed by atoms with E-state index in [0.29, 0.717) is 12.2 Å². The molecule has 2 aromatic carbocycles. The fourth-order valence-electron chi connectivity index (χ4n) is 2.71. The van der Waals surface area contributed by atoms with Crippen LogP contribution in [0.2, 0.25) is 0 Å². The summed E-state index contributed by atoms with van der Waals surface area (Å²) < 4.78 is 5.50. The zero-order chi connectivity index (χ0) is 16.9. The Balaban J connectivity index is 1.53. The molecule has 124 valence electrons. The number of benzene rings is 2. The van der Waals surface area contributed by atoms with Gasteiger partial charge in [0.2, 0.25) is 5.91 Å². The second-order valence-electron chi connectivity index (χ2n) is 5.85. The number of anilines is 2. The summed E-state index contributed by atoms with van der Waals surface area (Å²) in [5, 5.41) is 2.80. The third-order valence-corrected chi connectivity index (χ3v) is 3.89. The Labute approximate surface area is 141 Å². The second kappa shape index (κ2) is 7.17. The van der Waals surface area contributed by atoms with E-state index in [0.717, 1.165) is 29.9 Å². The fourth-order valence-corrected chi connectivity index (χ4v) is 2.71. The van der Waals surface area contributed by atoms with Crippen LogP contribution in [-0.4, -0.2) is 25.0 Å². The molecule has 0 atom stereocenters. The number of carbonyl (C=O) groups excluding carboxylic acids is 2. The van der Waals surface area contributed by atoms with Crippen molar-refractivity contribution in [1.29, 1.82) is 0 Å². The van der Waals surface area contributed by atoms with E-state index in [1.54, 1.807) is 17.0 Å². The van der Waals surface area contributed by atoms with E-state index in [4.69, 9.17) is 4.74 Å². The van der Waals surface area contributed by atoms with Crippen LogP contribution in [0.3, 0.4) is 0 Å². The second-order valence-corrected chi connectivity index (χ2v) is 5.85. The van der Waals surface area contributed by atoms with Crippen LogP contribution in [0.5, 0.6) is 5.75 Å². The maximum atomic E-state index is 11.9. The number of amides is 2. The summed E-state index contributed by atoms with van der Waals surface area (Å²) >= 11 is 0. The maximum Gasteiger partial charge on any atom is 0.262 e. The molecule has 24 heavy (non-hydrogen) atoms. The highest BCUT2D eigenvalue weighted by atomic mass is 16.5. The average molecular weight is 324 g/mol. The van der Waals surface area contributed by atoms with Crippen molar-refractivity contribution in [2.45, 2.75) is 19.8 Å². The van der Waals surface area contributed by atoms with Crippen LogP contribution in [0.1, 0.15) is 18.4 Å². The van der Waals surface area contributed by atoms with Gasteiger partial charge in [-0.15, -0.1) is 0 Å². The standard InChI is InChI=1S/C19H20N2O3/c1-14-4-2-5-15(12-14)20-18(22)13-24-17-9-7-16(8-10-17)21-11-3-6-19(21)23/h2,4-5,7-10,12H,3,6,11,13H2,1H3,(H,20,22). The van der Waals surface area contributed by atoms with Crippen LogP contribution in [0.25, 0.3) is 0 Å². The summed E-state index contributed by atoms with van der Waals surface area (Å²) in [5.74, 6) is 0.547. The number of aryl methyl sites for hydroxylation is 1. The lowest BCUT2D eigenvalue weighted by Crippen LogP contribution is -2.23. The first-order valence-electron chi connectivity index (χ1n) is 8.01. The summed E-state index contributed by atoms with van der Waals surface area (Å²) in [6.07, 6.45) is 1.51. The van der Waals surface area contributed by atoms with Crippen molar-refractivity contribution in [3.05, 3.63) is 54.1 Å². The van der Waals surface area contributed by atoms with Gasteiger partial charge in [-0.1, -0.05) is 12.1 Å². The number of hydrogen-bond donors (Lipinski definition) is 1. The molecule has 0 aliphatic carbocycles. The van der Waals surface area contributed by atoms with Gasteiger partial charge in [-0.3, -0.25) is 9.59 Å². The van der Waals surface area contributed by atoms with E-state index >= 15 is 0 Å². The monoisotopic (exact) mass is 324 g/mol. The number of nitrogens with zero attached hydrogens (tertiary/aromatic N) is 1. The predicted octanol–water partition coefficient (Wildman–Crippen LogP) is 3.14. The number of carbonyl (C=O) groups is 2. The summed E-state index contributed by atoms with van der Waals surface area (Å²) in [4.78, 5) is 25.4. The largest absolute Gasteiger partial charge is 0.484 e.